The van der Waals surface area contributed by atoms with Crippen LogP contribution in [-0.2, 0) is 11.3 Å². The van der Waals surface area contributed by atoms with E-state index in [9.17, 15) is 4.79 Å². The van der Waals surface area contributed by atoms with Gasteiger partial charge in [0.1, 0.15) is 0 Å². The number of carbonyl (C=O) groups is 1. The molecular weight excluding hydrogens is 200 g/mol. The van der Waals surface area contributed by atoms with Crippen LogP contribution in [0.3, 0.4) is 0 Å². The van der Waals surface area contributed by atoms with Gasteiger partial charge in [-0.1, -0.05) is 43.7 Å². The Bertz CT molecular complexity index is 324. The van der Waals surface area contributed by atoms with Gasteiger partial charge in [0.05, 0.1) is 6.04 Å². The van der Waals surface area contributed by atoms with Gasteiger partial charge in [-0.2, -0.15) is 0 Å². The lowest BCUT2D eigenvalue weighted by atomic mass is 10.1. The minimum absolute atomic E-state index is 0.0192. The molecule has 0 radical (unpaired) electrons. The van der Waals surface area contributed by atoms with Crippen molar-refractivity contribution in [3.8, 4) is 0 Å². The van der Waals surface area contributed by atoms with Crippen molar-refractivity contribution in [1.82, 2.24) is 4.90 Å². The third-order valence-corrected chi connectivity index (χ3v) is 2.56. The molecule has 0 bridgehead atoms. The molecule has 0 fully saturated rings. The van der Waals surface area contributed by atoms with E-state index in [1.165, 1.54) is 0 Å². The zero-order valence-electron chi connectivity index (χ0n) is 10.0. The summed E-state index contributed by atoms with van der Waals surface area (Å²) in [7, 11) is 1.80. The van der Waals surface area contributed by atoms with E-state index in [0.717, 1.165) is 18.4 Å². The summed E-state index contributed by atoms with van der Waals surface area (Å²) in [5.41, 5.74) is 6.92. The Morgan fingerprint density at radius 3 is 2.56 bits per heavy atom. The van der Waals surface area contributed by atoms with Gasteiger partial charge in [0.25, 0.3) is 0 Å². The molecule has 0 aliphatic heterocycles. The molecule has 0 saturated carbocycles. The Hall–Kier alpha value is -1.35. The summed E-state index contributed by atoms with van der Waals surface area (Å²) in [6, 6.07) is 9.57. The fourth-order valence-electron chi connectivity index (χ4n) is 1.65. The van der Waals surface area contributed by atoms with Crippen LogP contribution in [0.15, 0.2) is 30.3 Å². The second-order valence-electron chi connectivity index (χ2n) is 4.08. The fraction of sp³-hybridized carbons (Fsp3) is 0.462. The highest BCUT2D eigenvalue weighted by Gasteiger charge is 2.16. The summed E-state index contributed by atoms with van der Waals surface area (Å²) in [4.78, 5) is 13.5. The van der Waals surface area contributed by atoms with Crippen LogP contribution in [0.25, 0.3) is 0 Å². The van der Waals surface area contributed by atoms with Crippen molar-refractivity contribution in [2.24, 2.45) is 5.73 Å². The van der Waals surface area contributed by atoms with E-state index < -0.39 is 0 Å². The first-order valence-corrected chi connectivity index (χ1v) is 5.69. The van der Waals surface area contributed by atoms with E-state index in [2.05, 4.69) is 0 Å². The van der Waals surface area contributed by atoms with Gasteiger partial charge in [0.15, 0.2) is 0 Å². The van der Waals surface area contributed by atoms with Gasteiger partial charge in [-0.15, -0.1) is 0 Å². The molecule has 0 aliphatic carbocycles. The maximum Gasteiger partial charge on any atom is 0.239 e. The molecule has 16 heavy (non-hydrogen) atoms. The summed E-state index contributed by atoms with van der Waals surface area (Å²) in [5, 5.41) is 0. The van der Waals surface area contributed by atoms with Gasteiger partial charge in [-0.25, -0.2) is 0 Å². The number of carbonyl (C=O) groups excluding carboxylic acids is 1. The van der Waals surface area contributed by atoms with Gasteiger partial charge < -0.3 is 10.6 Å². The zero-order chi connectivity index (χ0) is 12.0. The molecule has 0 aliphatic rings. The lowest BCUT2D eigenvalue weighted by molar-refractivity contribution is -0.131. The molecule has 2 N–H and O–H groups in total. The first-order chi connectivity index (χ1) is 7.65. The first kappa shape index (κ1) is 12.7. The SMILES string of the molecule is CCC[C@H](N)C(=O)N(C)Cc1ccccc1. The van der Waals surface area contributed by atoms with E-state index in [-0.39, 0.29) is 11.9 Å². The highest BCUT2D eigenvalue weighted by atomic mass is 16.2. The monoisotopic (exact) mass is 220 g/mol. The molecule has 3 heteroatoms. The van der Waals surface area contributed by atoms with Crippen molar-refractivity contribution in [2.75, 3.05) is 7.05 Å². The van der Waals surface area contributed by atoms with Crippen LogP contribution in [0.1, 0.15) is 25.3 Å². The molecule has 0 unspecified atom stereocenters. The number of benzene rings is 1. The quantitative estimate of drug-likeness (QED) is 0.822. The van der Waals surface area contributed by atoms with E-state index in [0.29, 0.717) is 6.54 Å². The molecular formula is C13H20N2O. The zero-order valence-corrected chi connectivity index (χ0v) is 10.0. The van der Waals surface area contributed by atoms with Crippen molar-refractivity contribution < 1.29 is 4.79 Å². The van der Waals surface area contributed by atoms with Gasteiger partial charge >= 0.3 is 0 Å². The van der Waals surface area contributed by atoms with Crippen molar-refractivity contribution in [1.29, 1.82) is 0 Å². The maximum atomic E-state index is 11.8. The molecule has 3 nitrogen and oxygen atoms in total. The summed E-state index contributed by atoms with van der Waals surface area (Å²) in [6.45, 7) is 2.65. The Morgan fingerprint density at radius 1 is 1.38 bits per heavy atom. The van der Waals surface area contributed by atoms with Crippen molar-refractivity contribution >= 4 is 5.91 Å². The Balaban J connectivity index is 2.52. The predicted molar refractivity (Wildman–Crippen MR) is 65.8 cm³/mol. The molecule has 1 rings (SSSR count). The van der Waals surface area contributed by atoms with Gasteiger partial charge in [-0.3, -0.25) is 4.79 Å². The van der Waals surface area contributed by atoms with Gasteiger partial charge in [0.2, 0.25) is 5.91 Å². The highest BCUT2D eigenvalue weighted by Crippen LogP contribution is 2.05. The summed E-state index contributed by atoms with van der Waals surface area (Å²) in [5.74, 6) is 0.0192. The largest absolute Gasteiger partial charge is 0.340 e. The Labute approximate surface area is 97.2 Å². The van der Waals surface area contributed by atoms with E-state index in [1.807, 2.05) is 37.3 Å². The van der Waals surface area contributed by atoms with E-state index in [4.69, 9.17) is 5.73 Å². The molecule has 1 atom stereocenters. The number of likely N-dealkylation sites (N-methyl/N-ethyl adjacent to an activating group) is 1. The van der Waals surface area contributed by atoms with Gasteiger partial charge in [0, 0.05) is 13.6 Å². The topological polar surface area (TPSA) is 46.3 Å². The number of rotatable bonds is 5. The smallest absolute Gasteiger partial charge is 0.239 e. The Morgan fingerprint density at radius 2 is 2.00 bits per heavy atom. The second-order valence-corrected chi connectivity index (χ2v) is 4.08. The number of amides is 1. The average Bonchev–Trinajstić information content (AvgIpc) is 2.29. The highest BCUT2D eigenvalue weighted by molar-refractivity contribution is 5.81. The lowest BCUT2D eigenvalue weighted by Gasteiger charge is -2.21. The standard InChI is InChI=1S/C13H20N2O/c1-3-7-12(14)13(16)15(2)10-11-8-5-4-6-9-11/h4-6,8-9,12H,3,7,10,14H2,1-2H3/t12-/m0/s1. The third-order valence-electron chi connectivity index (χ3n) is 2.56. The summed E-state index contributed by atoms with van der Waals surface area (Å²) >= 11 is 0. The van der Waals surface area contributed by atoms with E-state index >= 15 is 0 Å². The number of nitrogens with two attached hydrogens (primary N) is 1. The summed E-state index contributed by atoms with van der Waals surface area (Å²) < 4.78 is 0. The van der Waals surface area contributed by atoms with Crippen LogP contribution in [0.4, 0.5) is 0 Å². The molecule has 1 aromatic carbocycles. The second kappa shape index (κ2) is 6.28. The third kappa shape index (κ3) is 3.66. The van der Waals surface area contributed by atoms with Crippen LogP contribution in [0.2, 0.25) is 0 Å². The van der Waals surface area contributed by atoms with E-state index in [1.54, 1.807) is 11.9 Å². The van der Waals surface area contributed by atoms with Crippen LogP contribution in [-0.4, -0.2) is 23.9 Å². The molecule has 0 heterocycles. The number of nitrogens with zero attached hydrogens (tertiary/aromatic N) is 1. The molecule has 88 valence electrons. The molecule has 0 aromatic heterocycles. The molecule has 1 aromatic rings. The average molecular weight is 220 g/mol. The predicted octanol–water partition coefficient (Wildman–Crippen LogP) is 1.77. The lowest BCUT2D eigenvalue weighted by Crippen LogP contribution is -2.41. The van der Waals surface area contributed by atoms with Crippen LogP contribution in [0.5, 0.6) is 0 Å². The molecule has 0 saturated heterocycles. The minimum Gasteiger partial charge on any atom is -0.340 e. The molecule has 1 amide bonds. The number of hydrogen-bond acceptors (Lipinski definition) is 2. The van der Waals surface area contributed by atoms with Gasteiger partial charge in [-0.05, 0) is 12.0 Å². The molecule has 0 spiro atoms. The maximum absolute atomic E-state index is 11.8. The fourth-order valence-corrected chi connectivity index (χ4v) is 1.65. The normalized spacial score (nSPS) is 12.2. The van der Waals surface area contributed by atoms with Crippen LogP contribution < -0.4 is 5.73 Å². The van der Waals surface area contributed by atoms with Crippen molar-refractivity contribution in [2.45, 2.75) is 32.4 Å². The van der Waals surface area contributed by atoms with Crippen molar-refractivity contribution in [3.63, 3.8) is 0 Å². The first-order valence-electron chi connectivity index (χ1n) is 5.69. The van der Waals surface area contributed by atoms with Crippen LogP contribution >= 0.6 is 0 Å². The minimum atomic E-state index is -0.362. The number of hydrogen-bond donors (Lipinski definition) is 1. The summed E-state index contributed by atoms with van der Waals surface area (Å²) in [6.07, 6.45) is 1.68. The van der Waals surface area contributed by atoms with Crippen molar-refractivity contribution in [3.05, 3.63) is 35.9 Å². The van der Waals surface area contributed by atoms with Crippen LogP contribution in [0, 0.1) is 0 Å². The Kier molecular flexibility index (Phi) is 4.99.